The normalized spacial score (nSPS) is 9.75. The molecule has 2 aromatic rings. The van der Waals surface area contributed by atoms with E-state index in [1.165, 1.54) is 18.0 Å². The van der Waals surface area contributed by atoms with Crippen molar-refractivity contribution in [3.63, 3.8) is 0 Å². The summed E-state index contributed by atoms with van der Waals surface area (Å²) in [7, 11) is 1.58. The Kier molecular flexibility index (Phi) is 3.13. The van der Waals surface area contributed by atoms with Crippen molar-refractivity contribution in [1.82, 2.24) is 4.98 Å². The molecule has 0 bridgehead atoms. The van der Waals surface area contributed by atoms with Crippen LogP contribution in [0.2, 0.25) is 0 Å². The number of methoxy groups -OCH3 is 1. The second-order valence-corrected chi connectivity index (χ2v) is 3.87. The van der Waals surface area contributed by atoms with Crippen molar-refractivity contribution >= 4 is 11.8 Å². The number of nitrogens with zero attached hydrogens (tertiary/aromatic N) is 2. The SMILES string of the molecule is COc1ccc(C#N)c(Sc2ncco2)c1. The summed E-state index contributed by atoms with van der Waals surface area (Å²) >= 11 is 1.29. The van der Waals surface area contributed by atoms with Gasteiger partial charge in [-0.15, -0.1) is 0 Å². The third-order valence-corrected chi connectivity index (χ3v) is 2.85. The largest absolute Gasteiger partial charge is 0.497 e. The van der Waals surface area contributed by atoms with Crippen molar-refractivity contribution in [2.24, 2.45) is 0 Å². The van der Waals surface area contributed by atoms with Crippen LogP contribution in [0.1, 0.15) is 5.56 Å². The summed E-state index contributed by atoms with van der Waals surface area (Å²) in [6.07, 6.45) is 3.06. The lowest BCUT2D eigenvalue weighted by Crippen LogP contribution is -1.86. The molecule has 0 amide bonds. The third kappa shape index (κ3) is 2.18. The van der Waals surface area contributed by atoms with Gasteiger partial charge in [0.2, 0.25) is 0 Å². The summed E-state index contributed by atoms with van der Waals surface area (Å²) < 4.78 is 10.2. The van der Waals surface area contributed by atoms with Crippen molar-refractivity contribution < 1.29 is 9.15 Å². The van der Waals surface area contributed by atoms with E-state index in [-0.39, 0.29) is 0 Å². The van der Waals surface area contributed by atoms with Crippen LogP contribution in [-0.2, 0) is 0 Å². The highest BCUT2D eigenvalue weighted by Crippen LogP contribution is 2.31. The number of hydrogen-bond acceptors (Lipinski definition) is 5. The molecular weight excluding hydrogens is 224 g/mol. The summed E-state index contributed by atoms with van der Waals surface area (Å²) in [5.74, 6) is 0.702. The van der Waals surface area contributed by atoms with Gasteiger partial charge < -0.3 is 9.15 Å². The monoisotopic (exact) mass is 232 g/mol. The van der Waals surface area contributed by atoms with Crippen LogP contribution in [0.15, 0.2) is 45.2 Å². The standard InChI is InChI=1S/C11H8N2O2S/c1-14-9-3-2-8(7-12)10(6-9)16-11-13-4-5-15-11/h2-6H,1H3. The van der Waals surface area contributed by atoms with Gasteiger partial charge in [-0.3, -0.25) is 0 Å². The van der Waals surface area contributed by atoms with E-state index in [1.54, 1.807) is 31.5 Å². The van der Waals surface area contributed by atoms with Gasteiger partial charge in [0.1, 0.15) is 18.1 Å². The minimum atomic E-state index is 0.504. The number of oxazole rings is 1. The van der Waals surface area contributed by atoms with Gasteiger partial charge in [-0.2, -0.15) is 5.26 Å². The van der Waals surface area contributed by atoms with E-state index in [4.69, 9.17) is 14.4 Å². The van der Waals surface area contributed by atoms with Crippen molar-refractivity contribution in [3.05, 3.63) is 36.2 Å². The molecule has 0 saturated carbocycles. The molecule has 0 unspecified atom stereocenters. The first-order valence-corrected chi connectivity index (χ1v) is 5.30. The number of nitriles is 1. The van der Waals surface area contributed by atoms with Crippen LogP contribution in [-0.4, -0.2) is 12.1 Å². The molecule has 0 aliphatic rings. The number of benzene rings is 1. The van der Waals surface area contributed by atoms with E-state index in [0.717, 1.165) is 4.90 Å². The van der Waals surface area contributed by atoms with Crippen molar-refractivity contribution in [3.8, 4) is 11.8 Å². The Morgan fingerprint density at radius 2 is 2.38 bits per heavy atom. The lowest BCUT2D eigenvalue weighted by Gasteiger charge is -2.03. The molecule has 2 rings (SSSR count). The number of rotatable bonds is 3. The first kappa shape index (κ1) is 10.6. The molecule has 0 radical (unpaired) electrons. The Morgan fingerprint density at radius 1 is 1.50 bits per heavy atom. The maximum Gasteiger partial charge on any atom is 0.260 e. The van der Waals surface area contributed by atoms with Crippen molar-refractivity contribution in [2.75, 3.05) is 7.11 Å². The van der Waals surface area contributed by atoms with Gasteiger partial charge in [0.25, 0.3) is 5.22 Å². The zero-order valence-electron chi connectivity index (χ0n) is 8.51. The predicted octanol–water partition coefficient (Wildman–Crippen LogP) is 2.71. The fourth-order valence-electron chi connectivity index (χ4n) is 1.16. The van der Waals surface area contributed by atoms with E-state index in [1.807, 2.05) is 0 Å². The smallest absolute Gasteiger partial charge is 0.260 e. The van der Waals surface area contributed by atoms with Crippen LogP contribution in [0, 0.1) is 11.3 Å². The number of hydrogen-bond donors (Lipinski definition) is 0. The van der Waals surface area contributed by atoms with E-state index in [0.29, 0.717) is 16.5 Å². The Bertz CT molecular complexity index is 517. The molecular formula is C11H8N2O2S. The fourth-order valence-corrected chi connectivity index (χ4v) is 1.97. The molecule has 4 nitrogen and oxygen atoms in total. The van der Waals surface area contributed by atoms with Crippen molar-refractivity contribution in [1.29, 1.82) is 5.26 Å². The molecule has 80 valence electrons. The first-order chi connectivity index (χ1) is 7.83. The van der Waals surface area contributed by atoms with Gasteiger partial charge in [-0.05, 0) is 30.0 Å². The summed E-state index contributed by atoms with van der Waals surface area (Å²) in [4.78, 5) is 4.76. The first-order valence-electron chi connectivity index (χ1n) is 4.49. The zero-order chi connectivity index (χ0) is 11.4. The van der Waals surface area contributed by atoms with E-state index in [9.17, 15) is 0 Å². The van der Waals surface area contributed by atoms with E-state index >= 15 is 0 Å². The summed E-state index contributed by atoms with van der Waals surface area (Å²) in [6, 6.07) is 7.36. The minimum Gasteiger partial charge on any atom is -0.497 e. The van der Waals surface area contributed by atoms with E-state index in [2.05, 4.69) is 11.1 Å². The molecule has 0 spiro atoms. The molecule has 16 heavy (non-hydrogen) atoms. The van der Waals surface area contributed by atoms with Crippen LogP contribution in [0.25, 0.3) is 0 Å². The lowest BCUT2D eigenvalue weighted by atomic mass is 10.2. The molecule has 0 N–H and O–H groups in total. The van der Waals surface area contributed by atoms with Crippen LogP contribution in [0.5, 0.6) is 5.75 Å². The predicted molar refractivity (Wildman–Crippen MR) is 58.3 cm³/mol. The molecule has 5 heteroatoms. The maximum absolute atomic E-state index is 8.96. The molecule has 0 fully saturated rings. The lowest BCUT2D eigenvalue weighted by molar-refractivity contribution is 0.413. The molecule has 0 atom stereocenters. The Labute approximate surface area is 96.9 Å². The summed E-state index contributed by atoms with van der Waals surface area (Å²) in [5.41, 5.74) is 0.573. The molecule has 0 saturated heterocycles. The average molecular weight is 232 g/mol. The Balaban J connectivity index is 2.34. The van der Waals surface area contributed by atoms with Gasteiger partial charge in [0, 0.05) is 4.90 Å². The van der Waals surface area contributed by atoms with E-state index < -0.39 is 0 Å². The Morgan fingerprint density at radius 3 is 3.00 bits per heavy atom. The van der Waals surface area contributed by atoms with Crippen LogP contribution >= 0.6 is 11.8 Å². The number of ether oxygens (including phenoxy) is 1. The summed E-state index contributed by atoms with van der Waals surface area (Å²) in [6.45, 7) is 0. The van der Waals surface area contributed by atoms with Crippen LogP contribution < -0.4 is 4.74 Å². The highest BCUT2D eigenvalue weighted by molar-refractivity contribution is 7.99. The van der Waals surface area contributed by atoms with Gasteiger partial charge in [0.15, 0.2) is 0 Å². The van der Waals surface area contributed by atoms with Gasteiger partial charge in [0.05, 0.1) is 18.9 Å². The highest BCUT2D eigenvalue weighted by Gasteiger charge is 2.08. The van der Waals surface area contributed by atoms with Crippen LogP contribution in [0.3, 0.4) is 0 Å². The fraction of sp³-hybridized carbons (Fsp3) is 0.0909. The van der Waals surface area contributed by atoms with Gasteiger partial charge in [-0.1, -0.05) is 0 Å². The highest BCUT2D eigenvalue weighted by atomic mass is 32.2. The number of aromatic nitrogens is 1. The zero-order valence-corrected chi connectivity index (χ0v) is 9.32. The van der Waals surface area contributed by atoms with Gasteiger partial charge in [-0.25, -0.2) is 4.98 Å². The second-order valence-electron chi connectivity index (χ2n) is 2.87. The quantitative estimate of drug-likeness (QED) is 0.814. The Hall–Kier alpha value is -1.93. The molecule has 0 aliphatic heterocycles. The van der Waals surface area contributed by atoms with Gasteiger partial charge >= 0.3 is 0 Å². The third-order valence-electron chi connectivity index (χ3n) is 1.92. The van der Waals surface area contributed by atoms with Crippen LogP contribution in [0.4, 0.5) is 0 Å². The molecule has 1 aromatic heterocycles. The van der Waals surface area contributed by atoms with Crippen molar-refractivity contribution in [2.45, 2.75) is 10.1 Å². The average Bonchev–Trinajstić information content (AvgIpc) is 2.82. The molecule has 1 aromatic carbocycles. The summed E-state index contributed by atoms with van der Waals surface area (Å²) in [5, 5.41) is 9.46. The molecule has 0 aliphatic carbocycles. The molecule has 1 heterocycles. The topological polar surface area (TPSA) is 59.0 Å². The maximum atomic E-state index is 8.96. The second kappa shape index (κ2) is 4.73. The minimum absolute atomic E-state index is 0.504.